The maximum absolute atomic E-state index is 12.0. The minimum Gasteiger partial charge on any atom is -0.444 e. The fraction of sp³-hybridized carbons (Fsp3) is 0.500. The zero-order valence-electron chi connectivity index (χ0n) is 14.8. The minimum atomic E-state index is -0.492. The van der Waals surface area contributed by atoms with Gasteiger partial charge in [0.05, 0.1) is 12.6 Å². The van der Waals surface area contributed by atoms with Crippen molar-refractivity contribution in [3.63, 3.8) is 0 Å². The van der Waals surface area contributed by atoms with Crippen molar-refractivity contribution < 1.29 is 18.7 Å². The van der Waals surface area contributed by atoms with Crippen LogP contribution in [0.3, 0.4) is 0 Å². The lowest BCUT2D eigenvalue weighted by molar-refractivity contribution is 0.0150. The van der Waals surface area contributed by atoms with Gasteiger partial charge in [-0.05, 0) is 39.3 Å². The minimum absolute atomic E-state index is 0.0559. The highest BCUT2D eigenvalue weighted by Crippen LogP contribution is 2.20. The Morgan fingerprint density at radius 2 is 2.04 bits per heavy atom. The molecular weight excluding hydrogens is 322 g/mol. The maximum atomic E-state index is 12.0. The molecule has 0 spiro atoms. The third-order valence-electron chi connectivity index (χ3n) is 3.73. The molecule has 25 heavy (non-hydrogen) atoms. The topological polar surface area (TPSA) is 77.7 Å². The number of hydrogen-bond donors (Lipinski definition) is 0. The molecule has 0 aliphatic carbocycles. The van der Waals surface area contributed by atoms with Gasteiger partial charge < -0.3 is 18.8 Å². The Labute approximate surface area is 146 Å². The predicted molar refractivity (Wildman–Crippen MR) is 90.7 cm³/mol. The fourth-order valence-electron chi connectivity index (χ4n) is 2.56. The number of likely N-dealkylation sites (tertiary alicyclic amines) is 1. The molecule has 2 heterocycles. The summed E-state index contributed by atoms with van der Waals surface area (Å²) < 4.78 is 16.8. The quantitative estimate of drug-likeness (QED) is 0.846. The molecule has 134 valence electrons. The Bertz CT molecular complexity index is 709. The molecule has 0 N–H and O–H groups in total. The summed E-state index contributed by atoms with van der Waals surface area (Å²) in [7, 11) is 0. The van der Waals surface area contributed by atoms with Crippen molar-refractivity contribution >= 4 is 6.09 Å². The summed E-state index contributed by atoms with van der Waals surface area (Å²) in [5, 5.41) is 8.04. The third-order valence-corrected chi connectivity index (χ3v) is 3.73. The van der Waals surface area contributed by atoms with E-state index < -0.39 is 5.60 Å². The molecule has 1 aromatic heterocycles. The second-order valence-electron chi connectivity index (χ2n) is 7.02. The van der Waals surface area contributed by atoms with E-state index in [1.807, 2.05) is 51.1 Å². The van der Waals surface area contributed by atoms with E-state index in [9.17, 15) is 4.79 Å². The number of amides is 1. The van der Waals surface area contributed by atoms with Crippen LogP contribution in [-0.4, -0.2) is 46.0 Å². The van der Waals surface area contributed by atoms with Crippen LogP contribution in [0.1, 0.15) is 33.1 Å². The molecular formula is C18H23N3O4. The Kier molecular flexibility index (Phi) is 5.03. The number of carbonyl (C=O) groups excluding carboxylic acids is 1. The van der Waals surface area contributed by atoms with E-state index in [0.29, 0.717) is 24.9 Å². The van der Waals surface area contributed by atoms with E-state index in [1.54, 1.807) is 4.90 Å². The number of ether oxygens (including phenoxy) is 2. The predicted octanol–water partition coefficient (Wildman–Crippen LogP) is 3.26. The summed E-state index contributed by atoms with van der Waals surface area (Å²) >= 11 is 0. The summed E-state index contributed by atoms with van der Waals surface area (Å²) in [6.07, 6.45) is 0.404. The lowest BCUT2D eigenvalue weighted by atomic mass is 10.2. The monoisotopic (exact) mass is 345 g/mol. The van der Waals surface area contributed by atoms with Crippen LogP contribution >= 0.6 is 0 Å². The first-order valence-corrected chi connectivity index (χ1v) is 8.38. The Morgan fingerprint density at radius 1 is 1.28 bits per heavy atom. The lowest BCUT2D eigenvalue weighted by Gasteiger charge is -2.24. The average molecular weight is 345 g/mol. The molecule has 1 unspecified atom stereocenters. The first-order chi connectivity index (χ1) is 11.9. The molecule has 0 bridgehead atoms. The maximum Gasteiger partial charge on any atom is 0.410 e. The van der Waals surface area contributed by atoms with Gasteiger partial charge in [0.2, 0.25) is 11.8 Å². The molecule has 0 radical (unpaired) electrons. The van der Waals surface area contributed by atoms with Crippen LogP contribution in [0.4, 0.5) is 4.79 Å². The highest BCUT2D eigenvalue weighted by molar-refractivity contribution is 5.68. The van der Waals surface area contributed by atoms with Crippen molar-refractivity contribution in [3.8, 4) is 11.5 Å². The lowest BCUT2D eigenvalue weighted by Crippen LogP contribution is -2.36. The normalized spacial score (nSPS) is 17.7. The molecule has 1 atom stereocenters. The van der Waals surface area contributed by atoms with Crippen LogP contribution in [0.25, 0.3) is 11.5 Å². The van der Waals surface area contributed by atoms with Gasteiger partial charge in [0.25, 0.3) is 0 Å². The van der Waals surface area contributed by atoms with Crippen molar-refractivity contribution in [2.45, 2.75) is 45.5 Å². The Morgan fingerprint density at radius 3 is 2.76 bits per heavy atom. The molecule has 7 nitrogen and oxygen atoms in total. The summed E-state index contributed by atoms with van der Waals surface area (Å²) in [4.78, 5) is 13.7. The molecule has 7 heteroatoms. The highest BCUT2D eigenvalue weighted by Gasteiger charge is 2.30. The van der Waals surface area contributed by atoms with Crippen LogP contribution < -0.4 is 0 Å². The van der Waals surface area contributed by atoms with E-state index in [4.69, 9.17) is 13.9 Å². The van der Waals surface area contributed by atoms with Gasteiger partial charge in [-0.1, -0.05) is 18.2 Å². The molecule has 1 aliphatic rings. The molecule has 0 saturated carbocycles. The van der Waals surface area contributed by atoms with E-state index in [0.717, 1.165) is 12.0 Å². The Hall–Kier alpha value is -2.41. The number of hydrogen-bond acceptors (Lipinski definition) is 6. The largest absolute Gasteiger partial charge is 0.444 e. The summed E-state index contributed by atoms with van der Waals surface area (Å²) in [6.45, 7) is 6.93. The van der Waals surface area contributed by atoms with Gasteiger partial charge in [-0.15, -0.1) is 10.2 Å². The van der Waals surface area contributed by atoms with Crippen LogP contribution in [0, 0.1) is 0 Å². The SMILES string of the molecule is CC(C)(C)OC(=O)N1CCC(OCc2nnc(-c3ccccc3)o2)C1. The second-order valence-corrected chi connectivity index (χ2v) is 7.02. The Balaban J connectivity index is 1.49. The van der Waals surface area contributed by atoms with Gasteiger partial charge in [0.1, 0.15) is 12.2 Å². The molecule has 1 saturated heterocycles. The van der Waals surface area contributed by atoms with Gasteiger partial charge in [-0.2, -0.15) is 0 Å². The number of aromatic nitrogens is 2. The molecule has 1 aliphatic heterocycles. The first-order valence-electron chi connectivity index (χ1n) is 8.38. The smallest absolute Gasteiger partial charge is 0.410 e. The molecule has 1 aromatic carbocycles. The van der Waals surface area contributed by atoms with Gasteiger partial charge in [-0.25, -0.2) is 4.79 Å². The molecule has 1 fully saturated rings. The van der Waals surface area contributed by atoms with Crippen LogP contribution in [-0.2, 0) is 16.1 Å². The molecule has 3 rings (SSSR count). The van der Waals surface area contributed by atoms with E-state index in [-0.39, 0.29) is 18.8 Å². The molecule has 1 amide bonds. The zero-order valence-corrected chi connectivity index (χ0v) is 14.8. The average Bonchev–Trinajstić information content (AvgIpc) is 3.22. The van der Waals surface area contributed by atoms with Crippen LogP contribution in [0.2, 0.25) is 0 Å². The number of benzene rings is 1. The van der Waals surface area contributed by atoms with Crippen molar-refractivity contribution in [2.75, 3.05) is 13.1 Å². The second kappa shape index (κ2) is 7.23. The van der Waals surface area contributed by atoms with Crippen molar-refractivity contribution in [3.05, 3.63) is 36.2 Å². The standard InChI is InChI=1S/C18H23N3O4/c1-18(2,3)25-17(22)21-10-9-14(11-21)23-12-15-19-20-16(24-15)13-7-5-4-6-8-13/h4-8,14H,9-12H2,1-3H3. The summed E-state index contributed by atoms with van der Waals surface area (Å²) in [5.41, 5.74) is 0.381. The van der Waals surface area contributed by atoms with Gasteiger partial charge >= 0.3 is 6.09 Å². The van der Waals surface area contributed by atoms with Crippen molar-refractivity contribution in [1.29, 1.82) is 0 Å². The van der Waals surface area contributed by atoms with Crippen LogP contribution in [0.15, 0.2) is 34.7 Å². The van der Waals surface area contributed by atoms with Gasteiger partial charge in [0, 0.05) is 12.1 Å². The first kappa shape index (κ1) is 17.4. The van der Waals surface area contributed by atoms with Gasteiger partial charge in [0.15, 0.2) is 0 Å². The highest BCUT2D eigenvalue weighted by atomic mass is 16.6. The molecule has 2 aromatic rings. The zero-order chi connectivity index (χ0) is 17.9. The van der Waals surface area contributed by atoms with Crippen LogP contribution in [0.5, 0.6) is 0 Å². The number of nitrogens with zero attached hydrogens (tertiary/aromatic N) is 3. The summed E-state index contributed by atoms with van der Waals surface area (Å²) in [5.74, 6) is 0.899. The van der Waals surface area contributed by atoms with Crippen molar-refractivity contribution in [2.24, 2.45) is 0 Å². The van der Waals surface area contributed by atoms with E-state index >= 15 is 0 Å². The number of rotatable bonds is 4. The third kappa shape index (κ3) is 4.79. The van der Waals surface area contributed by atoms with E-state index in [2.05, 4.69) is 10.2 Å². The summed E-state index contributed by atoms with van der Waals surface area (Å²) in [6, 6.07) is 9.58. The van der Waals surface area contributed by atoms with Crippen molar-refractivity contribution in [1.82, 2.24) is 15.1 Å². The van der Waals surface area contributed by atoms with Gasteiger partial charge in [-0.3, -0.25) is 0 Å². The van der Waals surface area contributed by atoms with E-state index in [1.165, 1.54) is 0 Å². The number of carbonyl (C=O) groups is 1. The fourth-order valence-corrected chi connectivity index (χ4v) is 2.56.